The van der Waals surface area contributed by atoms with Crippen LogP contribution in [0.5, 0.6) is 0 Å². The number of ether oxygens (including phenoxy) is 1. The molecule has 1 fully saturated rings. The van der Waals surface area contributed by atoms with E-state index in [0.29, 0.717) is 57.2 Å². The van der Waals surface area contributed by atoms with Gasteiger partial charge in [0.05, 0.1) is 31.0 Å². The van der Waals surface area contributed by atoms with Gasteiger partial charge in [-0.2, -0.15) is 0 Å². The molecule has 54 heavy (non-hydrogen) atoms. The molecule has 6 nitrogen and oxygen atoms in total. The molecule has 0 spiro atoms. The van der Waals surface area contributed by atoms with Gasteiger partial charge in [0.2, 0.25) is 0 Å². The lowest BCUT2D eigenvalue weighted by Gasteiger charge is -2.46. The first-order valence-corrected chi connectivity index (χ1v) is 19.2. The van der Waals surface area contributed by atoms with Crippen LogP contribution in [0.4, 0.5) is 8.78 Å². The molecule has 5 atom stereocenters. The van der Waals surface area contributed by atoms with Crippen molar-refractivity contribution >= 4 is 5.78 Å². The standard InChI is InChI=1S/C46H53F2NO5/c1-32-10-9-22-45(2)41(39-19-16-35(24-37(50)18-15-32)25-40(39)44(52)36-17-20-42(47)43(48)26-36)21-23-46(45,53)31-49(27-33-11-5-3-6-12-33)28-38(51)30-54-29-34-13-7-4-8-14-34/h3-8,10-14,16-17,19-20,25-26,37-38,41,50-51,53H,9,15,18,21-24,27-31H2,1-2H3/t37-,38+,41-,45-,46+/m0/s1. The fourth-order valence-corrected chi connectivity index (χ4v) is 8.62. The summed E-state index contributed by atoms with van der Waals surface area (Å²) in [6.45, 7) is 5.79. The fourth-order valence-electron chi connectivity index (χ4n) is 8.62. The summed E-state index contributed by atoms with van der Waals surface area (Å²) >= 11 is 0. The van der Waals surface area contributed by atoms with Gasteiger partial charge >= 0.3 is 0 Å². The number of aliphatic hydroxyl groups is 3. The topological polar surface area (TPSA) is 90.2 Å². The molecule has 4 aromatic rings. The molecular weight excluding hydrogens is 685 g/mol. The molecule has 2 bridgehead atoms. The summed E-state index contributed by atoms with van der Waals surface area (Å²) < 4.78 is 34.3. The van der Waals surface area contributed by atoms with E-state index in [0.717, 1.165) is 40.8 Å². The van der Waals surface area contributed by atoms with E-state index >= 15 is 0 Å². The number of halogens is 2. The molecule has 0 radical (unpaired) electrons. The minimum absolute atomic E-state index is 0.0417. The summed E-state index contributed by atoms with van der Waals surface area (Å²) in [6, 6.07) is 28.7. The van der Waals surface area contributed by atoms with E-state index < -0.39 is 40.6 Å². The number of hydrogen-bond donors (Lipinski definition) is 3. The zero-order valence-corrected chi connectivity index (χ0v) is 31.4. The van der Waals surface area contributed by atoms with Crippen LogP contribution in [0.2, 0.25) is 0 Å². The molecule has 0 saturated heterocycles. The number of allylic oxidation sites excluding steroid dienone is 2. The Kier molecular flexibility index (Phi) is 12.9. The Labute approximate surface area is 318 Å². The molecule has 0 heterocycles. The second-order valence-corrected chi connectivity index (χ2v) is 15.7. The summed E-state index contributed by atoms with van der Waals surface area (Å²) in [5.41, 5.74) is 3.28. The van der Waals surface area contributed by atoms with Gasteiger partial charge < -0.3 is 20.1 Å². The zero-order chi connectivity index (χ0) is 38.3. The van der Waals surface area contributed by atoms with Gasteiger partial charge in [-0.1, -0.05) is 91.4 Å². The maximum absolute atomic E-state index is 14.4. The summed E-state index contributed by atoms with van der Waals surface area (Å²) in [5.74, 6) is -2.79. The van der Waals surface area contributed by atoms with Gasteiger partial charge in [0.25, 0.3) is 0 Å². The predicted molar refractivity (Wildman–Crippen MR) is 207 cm³/mol. The van der Waals surface area contributed by atoms with Crippen LogP contribution in [0.3, 0.4) is 0 Å². The maximum atomic E-state index is 14.4. The van der Waals surface area contributed by atoms with Crippen molar-refractivity contribution in [3.05, 3.63) is 154 Å². The van der Waals surface area contributed by atoms with E-state index in [1.54, 1.807) is 6.07 Å². The highest BCUT2D eigenvalue weighted by molar-refractivity contribution is 6.10. The molecule has 3 aliphatic carbocycles. The monoisotopic (exact) mass is 737 g/mol. The molecule has 0 aromatic heterocycles. The fraction of sp³-hybridized carbons (Fsp3) is 0.413. The first kappa shape index (κ1) is 39.6. The number of carbonyl (C=O) groups excluding carboxylic acids is 1. The van der Waals surface area contributed by atoms with E-state index in [1.807, 2.05) is 72.8 Å². The third-order valence-corrected chi connectivity index (χ3v) is 11.7. The highest BCUT2D eigenvalue weighted by atomic mass is 19.2. The number of carbonyl (C=O) groups is 1. The Bertz CT molecular complexity index is 1900. The first-order chi connectivity index (χ1) is 25.9. The maximum Gasteiger partial charge on any atom is 0.193 e. The second-order valence-electron chi connectivity index (χ2n) is 15.7. The van der Waals surface area contributed by atoms with Crippen LogP contribution >= 0.6 is 0 Å². The van der Waals surface area contributed by atoms with Gasteiger partial charge in [0.1, 0.15) is 0 Å². The van der Waals surface area contributed by atoms with Gasteiger partial charge in [0, 0.05) is 36.2 Å². The zero-order valence-electron chi connectivity index (χ0n) is 31.4. The molecule has 3 aliphatic rings. The molecule has 8 heteroatoms. The van der Waals surface area contributed by atoms with E-state index in [-0.39, 0.29) is 31.2 Å². The van der Waals surface area contributed by atoms with Gasteiger partial charge in [-0.05, 0) is 104 Å². The number of benzene rings is 4. The van der Waals surface area contributed by atoms with Crippen LogP contribution in [0.25, 0.3) is 0 Å². The number of aliphatic hydroxyl groups excluding tert-OH is 2. The number of nitrogens with zero attached hydrogens (tertiary/aromatic N) is 1. The number of rotatable bonds is 12. The number of fused-ring (bicyclic) bond motifs is 8. The van der Waals surface area contributed by atoms with Crippen LogP contribution in [0, 0.1) is 17.0 Å². The lowest BCUT2D eigenvalue weighted by molar-refractivity contribution is -0.0923. The van der Waals surface area contributed by atoms with Crippen molar-refractivity contribution in [3.63, 3.8) is 0 Å². The van der Waals surface area contributed by atoms with Crippen LogP contribution in [-0.2, 0) is 24.3 Å². The largest absolute Gasteiger partial charge is 0.393 e. The normalized spacial score (nSPS) is 23.8. The number of hydrogen-bond acceptors (Lipinski definition) is 6. The van der Waals surface area contributed by atoms with Crippen molar-refractivity contribution in [1.82, 2.24) is 4.90 Å². The van der Waals surface area contributed by atoms with Crippen molar-refractivity contribution in [3.8, 4) is 0 Å². The smallest absolute Gasteiger partial charge is 0.193 e. The minimum atomic E-state index is -1.22. The Morgan fingerprint density at radius 1 is 0.926 bits per heavy atom. The Hall–Kier alpha value is -4.05. The molecule has 3 N–H and O–H groups in total. The summed E-state index contributed by atoms with van der Waals surface area (Å²) in [6.07, 6.45) is 4.79. The van der Waals surface area contributed by atoms with E-state index in [2.05, 4.69) is 24.8 Å². The van der Waals surface area contributed by atoms with Gasteiger partial charge in [-0.25, -0.2) is 8.78 Å². The summed E-state index contributed by atoms with van der Waals surface area (Å²) in [7, 11) is 0. The Morgan fingerprint density at radius 3 is 2.37 bits per heavy atom. The van der Waals surface area contributed by atoms with Crippen molar-refractivity contribution < 1.29 is 33.6 Å². The van der Waals surface area contributed by atoms with E-state index in [1.165, 1.54) is 11.6 Å². The van der Waals surface area contributed by atoms with Crippen molar-refractivity contribution in [2.75, 3.05) is 19.7 Å². The molecule has 4 aromatic carbocycles. The van der Waals surface area contributed by atoms with Crippen molar-refractivity contribution in [2.45, 2.75) is 95.7 Å². The van der Waals surface area contributed by atoms with Crippen LogP contribution < -0.4 is 0 Å². The van der Waals surface area contributed by atoms with Crippen molar-refractivity contribution in [2.24, 2.45) is 5.41 Å². The third kappa shape index (κ3) is 9.42. The molecule has 0 aliphatic heterocycles. The molecule has 0 unspecified atom stereocenters. The van der Waals surface area contributed by atoms with Gasteiger partial charge in [-0.3, -0.25) is 9.69 Å². The average molecular weight is 738 g/mol. The Balaban J connectivity index is 1.34. The SMILES string of the molecule is CC1=CCC[C@@]2(C)[C@@H](CC[C@@]2(O)CN(Cc2ccccc2)C[C@@H](O)COCc2ccccc2)c2ccc(cc2C(=O)c2ccc(F)c(F)c2)C[C@@H](O)CC1. The first-order valence-electron chi connectivity index (χ1n) is 19.2. The van der Waals surface area contributed by atoms with Crippen LogP contribution in [-0.4, -0.2) is 63.5 Å². The summed E-state index contributed by atoms with van der Waals surface area (Å²) in [5, 5.41) is 35.2. The van der Waals surface area contributed by atoms with Crippen LogP contribution in [0.15, 0.2) is 109 Å². The second kappa shape index (κ2) is 17.6. The highest BCUT2D eigenvalue weighted by Crippen LogP contribution is 2.59. The molecular formula is C46H53F2NO5. The Morgan fingerprint density at radius 2 is 1.65 bits per heavy atom. The molecule has 7 rings (SSSR count). The number of ketones is 1. The molecule has 286 valence electrons. The van der Waals surface area contributed by atoms with E-state index in [9.17, 15) is 28.9 Å². The lowest BCUT2D eigenvalue weighted by Crippen LogP contribution is -2.53. The predicted octanol–water partition coefficient (Wildman–Crippen LogP) is 8.31. The van der Waals surface area contributed by atoms with Crippen molar-refractivity contribution in [1.29, 1.82) is 0 Å². The van der Waals surface area contributed by atoms with E-state index in [4.69, 9.17) is 4.74 Å². The molecule has 1 saturated carbocycles. The van der Waals surface area contributed by atoms with Gasteiger partial charge in [-0.15, -0.1) is 0 Å². The van der Waals surface area contributed by atoms with Crippen LogP contribution in [0.1, 0.15) is 96.5 Å². The lowest BCUT2D eigenvalue weighted by atomic mass is 9.64. The summed E-state index contributed by atoms with van der Waals surface area (Å²) in [4.78, 5) is 16.4. The quantitative estimate of drug-likeness (QED) is 0.100. The minimum Gasteiger partial charge on any atom is -0.393 e. The highest BCUT2D eigenvalue weighted by Gasteiger charge is 2.57. The third-order valence-electron chi connectivity index (χ3n) is 11.7. The average Bonchev–Trinajstić information content (AvgIpc) is 3.40. The molecule has 0 amide bonds. The van der Waals surface area contributed by atoms with Gasteiger partial charge in [0.15, 0.2) is 17.4 Å².